The third-order valence-corrected chi connectivity index (χ3v) is 3.05. The van der Waals surface area contributed by atoms with E-state index in [1.54, 1.807) is 29.1 Å². The fraction of sp³-hybridized carbons (Fsp3) is 0.200. The Morgan fingerprint density at radius 2 is 2.41 bits per heavy atom. The van der Waals surface area contributed by atoms with Gasteiger partial charge in [-0.3, -0.25) is 15.0 Å². The molecule has 3 N–H and O–H groups in total. The third-order valence-electron chi connectivity index (χ3n) is 2.36. The van der Waals surface area contributed by atoms with Crippen molar-refractivity contribution >= 4 is 17.2 Å². The van der Waals surface area contributed by atoms with Gasteiger partial charge in [0, 0.05) is 17.1 Å². The first kappa shape index (κ1) is 11.6. The monoisotopic (exact) mass is 253 g/mol. The molecule has 7 heteroatoms. The molecule has 0 unspecified atom stereocenters. The van der Waals surface area contributed by atoms with Crippen molar-refractivity contribution in [3.63, 3.8) is 0 Å². The van der Waals surface area contributed by atoms with Crippen LogP contribution in [-0.2, 0) is 6.54 Å². The Morgan fingerprint density at radius 3 is 3.00 bits per heavy atom. The van der Waals surface area contributed by atoms with Crippen molar-refractivity contribution in [1.29, 1.82) is 0 Å². The molecule has 90 valence electrons. The topological polar surface area (TPSA) is 90.3 Å². The van der Waals surface area contributed by atoms with Crippen LogP contribution < -0.4 is 16.1 Å². The molecule has 2 rings (SSSR count). The van der Waals surface area contributed by atoms with Gasteiger partial charge in [0.25, 0.3) is 0 Å². The standard InChI is InChI=1S/C10H11N3O3S/c1-6-7(4-8(16-6)9(14)12-11)5-13-2-3-17-10(13)15/h2-4H,5,11H2,1H3,(H,12,14). The van der Waals surface area contributed by atoms with E-state index in [1.807, 2.05) is 5.43 Å². The second-order valence-corrected chi connectivity index (χ2v) is 4.32. The van der Waals surface area contributed by atoms with Crippen LogP contribution >= 0.6 is 11.3 Å². The zero-order chi connectivity index (χ0) is 12.4. The van der Waals surface area contributed by atoms with E-state index in [-0.39, 0.29) is 10.6 Å². The number of aromatic nitrogens is 1. The summed E-state index contributed by atoms with van der Waals surface area (Å²) >= 11 is 1.12. The lowest BCUT2D eigenvalue weighted by atomic mass is 10.2. The summed E-state index contributed by atoms with van der Waals surface area (Å²) < 4.78 is 6.80. The van der Waals surface area contributed by atoms with Gasteiger partial charge in [-0.15, -0.1) is 0 Å². The van der Waals surface area contributed by atoms with Crippen molar-refractivity contribution in [3.8, 4) is 0 Å². The van der Waals surface area contributed by atoms with Crippen LogP contribution in [0.2, 0.25) is 0 Å². The summed E-state index contributed by atoms with van der Waals surface area (Å²) in [5.41, 5.74) is 2.77. The quantitative estimate of drug-likeness (QED) is 0.472. The van der Waals surface area contributed by atoms with Gasteiger partial charge >= 0.3 is 10.8 Å². The van der Waals surface area contributed by atoms with E-state index in [9.17, 15) is 9.59 Å². The lowest BCUT2D eigenvalue weighted by molar-refractivity contribution is 0.0924. The van der Waals surface area contributed by atoms with E-state index in [2.05, 4.69) is 0 Å². The second kappa shape index (κ2) is 4.56. The summed E-state index contributed by atoms with van der Waals surface area (Å²) in [6.07, 6.45) is 1.70. The maximum atomic E-state index is 11.4. The molecule has 2 heterocycles. The number of amides is 1. The molecule has 0 fully saturated rings. The van der Waals surface area contributed by atoms with E-state index >= 15 is 0 Å². The number of nitrogens with two attached hydrogens (primary N) is 1. The fourth-order valence-corrected chi connectivity index (χ4v) is 2.04. The van der Waals surface area contributed by atoms with Crippen LogP contribution in [0, 0.1) is 6.92 Å². The molecule has 0 aliphatic rings. The number of nitrogens with one attached hydrogen (secondary N) is 1. The van der Waals surface area contributed by atoms with Gasteiger partial charge in [0.15, 0.2) is 5.76 Å². The second-order valence-electron chi connectivity index (χ2n) is 3.46. The maximum Gasteiger partial charge on any atom is 0.307 e. The Kier molecular flexibility index (Phi) is 3.12. The first-order chi connectivity index (χ1) is 8.11. The molecule has 0 saturated carbocycles. The van der Waals surface area contributed by atoms with Gasteiger partial charge in [-0.25, -0.2) is 5.84 Å². The molecule has 0 bridgehead atoms. The summed E-state index contributed by atoms with van der Waals surface area (Å²) in [6.45, 7) is 2.12. The Balaban J connectivity index is 2.28. The lowest BCUT2D eigenvalue weighted by Gasteiger charge is -1.98. The number of furan rings is 1. The van der Waals surface area contributed by atoms with Crippen LogP contribution in [0.1, 0.15) is 21.9 Å². The molecule has 2 aromatic rings. The molecular formula is C10H11N3O3S. The minimum atomic E-state index is -0.489. The molecule has 0 atom stereocenters. The first-order valence-corrected chi connectivity index (χ1v) is 5.74. The zero-order valence-electron chi connectivity index (χ0n) is 9.10. The Labute approximate surface area is 101 Å². The van der Waals surface area contributed by atoms with Crippen LogP contribution in [0.3, 0.4) is 0 Å². The van der Waals surface area contributed by atoms with Crippen LogP contribution in [0.15, 0.2) is 26.9 Å². The largest absolute Gasteiger partial charge is 0.456 e. The Hall–Kier alpha value is -1.86. The molecule has 17 heavy (non-hydrogen) atoms. The fourth-order valence-electron chi connectivity index (χ4n) is 1.45. The van der Waals surface area contributed by atoms with Gasteiger partial charge in [0.05, 0.1) is 6.54 Å². The van der Waals surface area contributed by atoms with E-state index in [4.69, 9.17) is 10.3 Å². The molecule has 0 aliphatic heterocycles. The van der Waals surface area contributed by atoms with Crippen LogP contribution in [-0.4, -0.2) is 10.5 Å². The molecular weight excluding hydrogens is 242 g/mol. The average molecular weight is 253 g/mol. The van der Waals surface area contributed by atoms with Crippen molar-refractivity contribution in [2.45, 2.75) is 13.5 Å². The number of hydrazine groups is 1. The summed E-state index contributed by atoms with van der Waals surface area (Å²) in [6, 6.07) is 1.58. The van der Waals surface area contributed by atoms with Gasteiger partial charge < -0.3 is 8.98 Å². The van der Waals surface area contributed by atoms with Crippen LogP contribution in [0.5, 0.6) is 0 Å². The van der Waals surface area contributed by atoms with E-state index in [0.717, 1.165) is 16.9 Å². The summed E-state index contributed by atoms with van der Waals surface area (Å²) in [7, 11) is 0. The highest BCUT2D eigenvalue weighted by Gasteiger charge is 2.13. The minimum absolute atomic E-state index is 0.0459. The highest BCUT2D eigenvalue weighted by molar-refractivity contribution is 7.07. The SMILES string of the molecule is Cc1oc(C(=O)NN)cc1Cn1ccsc1=O. The Bertz CT molecular complexity index is 596. The predicted octanol–water partition coefficient (Wildman–Crippen LogP) is 0.463. The van der Waals surface area contributed by atoms with Gasteiger partial charge in [0.2, 0.25) is 0 Å². The van der Waals surface area contributed by atoms with Crippen LogP contribution in [0.4, 0.5) is 0 Å². The molecule has 0 radical (unpaired) electrons. The number of nitrogens with zero attached hydrogens (tertiary/aromatic N) is 1. The van der Waals surface area contributed by atoms with E-state index in [1.165, 1.54) is 0 Å². The van der Waals surface area contributed by atoms with Gasteiger partial charge in [-0.05, 0) is 13.0 Å². The van der Waals surface area contributed by atoms with E-state index < -0.39 is 5.91 Å². The highest BCUT2D eigenvalue weighted by Crippen LogP contribution is 2.15. The summed E-state index contributed by atoms with van der Waals surface area (Å²) in [5, 5.41) is 1.71. The molecule has 0 aliphatic carbocycles. The Morgan fingerprint density at radius 1 is 1.65 bits per heavy atom. The average Bonchev–Trinajstić information content (AvgIpc) is 2.87. The summed E-state index contributed by atoms with van der Waals surface area (Å²) in [4.78, 5) is 22.6. The van der Waals surface area contributed by atoms with Gasteiger partial charge in [-0.2, -0.15) is 0 Å². The van der Waals surface area contributed by atoms with Crippen molar-refractivity contribution in [1.82, 2.24) is 9.99 Å². The van der Waals surface area contributed by atoms with Gasteiger partial charge in [-0.1, -0.05) is 11.3 Å². The van der Waals surface area contributed by atoms with Crippen molar-refractivity contribution in [2.24, 2.45) is 5.84 Å². The molecule has 6 nitrogen and oxygen atoms in total. The first-order valence-electron chi connectivity index (χ1n) is 4.86. The maximum absolute atomic E-state index is 11.4. The lowest BCUT2D eigenvalue weighted by Crippen LogP contribution is -2.29. The van der Waals surface area contributed by atoms with E-state index in [0.29, 0.717) is 12.3 Å². The number of carbonyl (C=O) groups excluding carboxylic acids is 1. The van der Waals surface area contributed by atoms with Crippen molar-refractivity contribution in [2.75, 3.05) is 0 Å². The molecule has 2 aromatic heterocycles. The number of hydrogen-bond acceptors (Lipinski definition) is 5. The normalized spacial score (nSPS) is 10.5. The molecule has 0 spiro atoms. The molecule has 1 amide bonds. The number of thiazole rings is 1. The molecule has 0 saturated heterocycles. The number of carbonyl (C=O) groups is 1. The number of nitrogen functional groups attached to an aromatic ring is 1. The van der Waals surface area contributed by atoms with Crippen LogP contribution in [0.25, 0.3) is 0 Å². The smallest absolute Gasteiger partial charge is 0.307 e. The van der Waals surface area contributed by atoms with Crippen molar-refractivity contribution < 1.29 is 9.21 Å². The highest BCUT2D eigenvalue weighted by atomic mass is 32.1. The van der Waals surface area contributed by atoms with Crippen molar-refractivity contribution in [3.05, 3.63) is 44.4 Å². The zero-order valence-corrected chi connectivity index (χ0v) is 9.91. The number of hydrogen-bond donors (Lipinski definition) is 2. The number of aryl methyl sites for hydroxylation is 1. The predicted molar refractivity (Wildman–Crippen MR) is 62.8 cm³/mol. The molecule has 0 aromatic carbocycles. The number of rotatable bonds is 3. The van der Waals surface area contributed by atoms with Gasteiger partial charge in [0.1, 0.15) is 5.76 Å². The minimum Gasteiger partial charge on any atom is -0.456 e. The third kappa shape index (κ3) is 2.29. The summed E-state index contributed by atoms with van der Waals surface area (Å²) in [5.74, 6) is 5.26.